The Morgan fingerprint density at radius 3 is 2.59 bits per heavy atom. The zero-order chi connectivity index (χ0) is 23.3. The van der Waals surface area contributed by atoms with E-state index >= 15 is 4.39 Å². The van der Waals surface area contributed by atoms with Gasteiger partial charge in [-0.1, -0.05) is 54.7 Å². The first-order chi connectivity index (χ1) is 16.6. The minimum atomic E-state index is -0.259. The van der Waals surface area contributed by atoms with Gasteiger partial charge in [-0.3, -0.25) is 4.90 Å². The molecule has 1 unspecified atom stereocenters. The number of carbonyl (C=O) groups is 1. The van der Waals surface area contributed by atoms with Crippen LogP contribution in [-0.4, -0.2) is 34.2 Å². The third-order valence-electron chi connectivity index (χ3n) is 7.39. The maximum atomic E-state index is 15.3. The number of hydrogen-bond donors (Lipinski definition) is 0. The number of halogens is 1. The number of pyridine rings is 1. The van der Waals surface area contributed by atoms with Gasteiger partial charge in [-0.25, -0.2) is 14.4 Å². The molecule has 2 fully saturated rings. The molecular weight excluding hydrogens is 445 g/mol. The van der Waals surface area contributed by atoms with Crippen LogP contribution in [0, 0.1) is 11.7 Å². The topological polar surface area (TPSA) is 46.1 Å². The Hall–Kier alpha value is -2.96. The molecule has 1 aliphatic carbocycles. The van der Waals surface area contributed by atoms with E-state index in [1.165, 1.54) is 16.9 Å². The third-order valence-corrected chi connectivity index (χ3v) is 8.39. The van der Waals surface area contributed by atoms with Crippen molar-refractivity contribution in [3.8, 4) is 10.6 Å². The molecule has 1 saturated carbocycles. The molecule has 0 spiro atoms. The highest BCUT2D eigenvalue weighted by atomic mass is 32.1. The Morgan fingerprint density at radius 1 is 1.12 bits per heavy atom. The van der Waals surface area contributed by atoms with Gasteiger partial charge >= 0.3 is 0 Å². The Kier molecular flexibility index (Phi) is 5.30. The van der Waals surface area contributed by atoms with Crippen LogP contribution >= 0.6 is 11.3 Å². The van der Waals surface area contributed by atoms with Gasteiger partial charge in [0, 0.05) is 36.0 Å². The molecule has 4 nitrogen and oxygen atoms in total. The zero-order valence-electron chi connectivity index (χ0n) is 19.1. The van der Waals surface area contributed by atoms with Crippen molar-refractivity contribution in [3.05, 3.63) is 83.3 Å². The van der Waals surface area contributed by atoms with Crippen molar-refractivity contribution in [2.75, 3.05) is 13.1 Å². The van der Waals surface area contributed by atoms with Crippen molar-refractivity contribution in [1.29, 1.82) is 0 Å². The number of rotatable bonds is 7. The highest BCUT2D eigenvalue weighted by Crippen LogP contribution is 2.53. The van der Waals surface area contributed by atoms with Crippen molar-refractivity contribution < 1.29 is 9.18 Å². The molecule has 0 N–H and O–H groups in total. The van der Waals surface area contributed by atoms with Gasteiger partial charge in [-0.15, -0.1) is 0 Å². The molecular formula is C28H26FN3OS. The summed E-state index contributed by atoms with van der Waals surface area (Å²) < 4.78 is 15.3. The number of hydrogen-bond acceptors (Lipinski definition) is 5. The van der Waals surface area contributed by atoms with E-state index in [0.717, 1.165) is 60.2 Å². The lowest BCUT2D eigenvalue weighted by molar-refractivity contribution is -0.116. The first kappa shape index (κ1) is 21.6. The third kappa shape index (κ3) is 3.56. The standard InChI is InChI=1S/C28H26FN3OS/c1-2-24(32-15-18(16-32)17-33)19-8-9-21(22(29)14-19)26-30-23-10-11-25(31-27(23)34-26)28(12-13-28)20-6-4-3-5-7-20/h3-11,14,17-18,24H,2,12-13,15-16H2,1H3. The minimum Gasteiger partial charge on any atom is -0.303 e. The summed E-state index contributed by atoms with van der Waals surface area (Å²) in [5, 5.41) is 0.659. The van der Waals surface area contributed by atoms with E-state index in [0.29, 0.717) is 10.6 Å². The molecule has 6 heteroatoms. The second kappa shape index (κ2) is 8.36. The molecule has 2 aliphatic rings. The Balaban J connectivity index is 1.29. The number of likely N-dealkylation sites (tertiary alicyclic amines) is 1. The van der Waals surface area contributed by atoms with Gasteiger partial charge in [0.15, 0.2) is 0 Å². The fourth-order valence-corrected chi connectivity index (χ4v) is 6.24. The van der Waals surface area contributed by atoms with Crippen LogP contribution in [0.3, 0.4) is 0 Å². The number of aldehydes is 1. The Labute approximate surface area is 202 Å². The van der Waals surface area contributed by atoms with E-state index in [-0.39, 0.29) is 23.2 Å². The molecule has 1 saturated heterocycles. The molecule has 3 heterocycles. The first-order valence-corrected chi connectivity index (χ1v) is 12.8. The van der Waals surface area contributed by atoms with Gasteiger partial charge in [-0.2, -0.15) is 0 Å². The highest BCUT2D eigenvalue weighted by molar-refractivity contribution is 7.21. The van der Waals surface area contributed by atoms with E-state index in [9.17, 15) is 4.79 Å². The van der Waals surface area contributed by atoms with Gasteiger partial charge in [0.2, 0.25) is 0 Å². The number of fused-ring (bicyclic) bond motifs is 1. The van der Waals surface area contributed by atoms with Crippen LogP contribution in [0.5, 0.6) is 0 Å². The van der Waals surface area contributed by atoms with Crippen molar-refractivity contribution in [2.24, 2.45) is 5.92 Å². The summed E-state index contributed by atoms with van der Waals surface area (Å²) in [4.78, 5) is 23.7. The monoisotopic (exact) mass is 471 g/mol. The molecule has 2 aromatic heterocycles. The second-order valence-electron chi connectivity index (χ2n) is 9.50. The fraction of sp³-hybridized carbons (Fsp3) is 0.321. The molecule has 172 valence electrons. The molecule has 0 bridgehead atoms. The van der Waals surface area contributed by atoms with Crippen molar-refractivity contribution in [2.45, 2.75) is 37.6 Å². The van der Waals surface area contributed by atoms with E-state index in [1.54, 1.807) is 6.07 Å². The quantitative estimate of drug-likeness (QED) is 0.303. The van der Waals surface area contributed by atoms with Crippen molar-refractivity contribution in [3.63, 3.8) is 0 Å². The van der Waals surface area contributed by atoms with Crippen LogP contribution < -0.4 is 0 Å². The second-order valence-corrected chi connectivity index (χ2v) is 10.5. The lowest BCUT2D eigenvalue weighted by atomic mass is 9.92. The summed E-state index contributed by atoms with van der Waals surface area (Å²) in [6.07, 6.45) is 4.09. The van der Waals surface area contributed by atoms with Gasteiger partial charge in [0.25, 0.3) is 0 Å². The van der Waals surface area contributed by atoms with Gasteiger partial charge in [0.05, 0.1) is 5.69 Å². The minimum absolute atomic E-state index is 0.00137. The molecule has 0 amide bonds. The summed E-state index contributed by atoms with van der Waals surface area (Å²) in [6.45, 7) is 3.60. The molecule has 1 aliphatic heterocycles. The zero-order valence-corrected chi connectivity index (χ0v) is 19.9. The van der Waals surface area contributed by atoms with Crippen LogP contribution in [0.4, 0.5) is 4.39 Å². The number of aromatic nitrogens is 2. The van der Waals surface area contributed by atoms with Crippen LogP contribution in [0.1, 0.15) is 49.0 Å². The average Bonchev–Trinajstić information content (AvgIpc) is 3.54. The van der Waals surface area contributed by atoms with Crippen LogP contribution in [0.25, 0.3) is 20.9 Å². The smallest absolute Gasteiger partial charge is 0.144 e. The average molecular weight is 472 g/mol. The highest BCUT2D eigenvalue weighted by Gasteiger charge is 2.47. The number of thiazole rings is 1. The summed E-state index contributed by atoms with van der Waals surface area (Å²) >= 11 is 1.45. The number of carbonyl (C=O) groups excluding carboxylic acids is 1. The van der Waals surface area contributed by atoms with E-state index < -0.39 is 0 Å². The predicted octanol–water partition coefficient (Wildman–Crippen LogP) is 6.16. The fourth-order valence-electron chi connectivity index (χ4n) is 5.28. The van der Waals surface area contributed by atoms with Crippen molar-refractivity contribution >= 4 is 28.0 Å². The molecule has 4 aromatic rings. The predicted molar refractivity (Wildman–Crippen MR) is 133 cm³/mol. The van der Waals surface area contributed by atoms with E-state index in [4.69, 9.17) is 9.97 Å². The molecule has 1 atom stereocenters. The number of nitrogens with zero attached hydrogens (tertiary/aromatic N) is 3. The lowest BCUT2D eigenvalue weighted by Crippen LogP contribution is -2.48. The Bertz CT molecular complexity index is 1360. The maximum Gasteiger partial charge on any atom is 0.144 e. The van der Waals surface area contributed by atoms with Gasteiger partial charge in [-0.05, 0) is 54.7 Å². The molecule has 6 rings (SSSR count). The van der Waals surface area contributed by atoms with Crippen LogP contribution in [-0.2, 0) is 10.2 Å². The van der Waals surface area contributed by atoms with Crippen LogP contribution in [0.2, 0.25) is 0 Å². The molecule has 2 aromatic carbocycles. The SMILES string of the molecule is CCC(c1ccc(-c2nc3ccc(C4(c5ccccc5)CC4)nc3s2)c(F)c1)N1CC(C=O)C1. The molecule has 34 heavy (non-hydrogen) atoms. The van der Waals surface area contributed by atoms with Gasteiger partial charge in [0.1, 0.15) is 27.5 Å². The van der Waals surface area contributed by atoms with E-state index in [1.807, 2.05) is 24.3 Å². The summed E-state index contributed by atoms with van der Waals surface area (Å²) in [6, 6.07) is 20.3. The molecule has 0 radical (unpaired) electrons. The normalized spacial score (nSPS) is 18.5. The van der Waals surface area contributed by atoms with E-state index in [2.05, 4.69) is 42.2 Å². The summed E-state index contributed by atoms with van der Waals surface area (Å²) in [5.41, 5.74) is 4.66. The number of benzene rings is 2. The summed E-state index contributed by atoms with van der Waals surface area (Å²) in [5.74, 6) is -0.152. The first-order valence-electron chi connectivity index (χ1n) is 11.9. The maximum absolute atomic E-state index is 15.3. The van der Waals surface area contributed by atoms with Gasteiger partial charge < -0.3 is 4.79 Å². The Morgan fingerprint density at radius 2 is 1.91 bits per heavy atom. The summed E-state index contributed by atoms with van der Waals surface area (Å²) in [7, 11) is 0. The van der Waals surface area contributed by atoms with Crippen LogP contribution in [0.15, 0.2) is 60.7 Å². The lowest BCUT2D eigenvalue weighted by Gasteiger charge is -2.42. The largest absolute Gasteiger partial charge is 0.303 e. The van der Waals surface area contributed by atoms with Crippen molar-refractivity contribution in [1.82, 2.24) is 14.9 Å².